The molecule has 0 aliphatic carbocycles. The Kier molecular flexibility index (Phi) is 4.48. The SMILES string of the molecule is COc1cccc(C2CCCN2c2nncc(-c3ccccc3F)n2)c1. The van der Waals surface area contributed by atoms with Crippen molar-refractivity contribution in [2.24, 2.45) is 0 Å². The minimum absolute atomic E-state index is 0.155. The van der Waals surface area contributed by atoms with Crippen molar-refractivity contribution in [1.29, 1.82) is 0 Å². The van der Waals surface area contributed by atoms with E-state index in [4.69, 9.17) is 4.74 Å². The molecule has 0 amide bonds. The molecule has 1 atom stereocenters. The lowest BCUT2D eigenvalue weighted by molar-refractivity contribution is 0.413. The zero-order valence-corrected chi connectivity index (χ0v) is 14.5. The predicted octanol–water partition coefficient (Wildman–Crippen LogP) is 4.03. The number of anilines is 1. The van der Waals surface area contributed by atoms with Gasteiger partial charge >= 0.3 is 0 Å². The highest BCUT2D eigenvalue weighted by Crippen LogP contribution is 2.36. The Balaban J connectivity index is 1.68. The van der Waals surface area contributed by atoms with E-state index in [9.17, 15) is 4.39 Å². The molecule has 1 unspecified atom stereocenters. The Morgan fingerprint density at radius 3 is 2.88 bits per heavy atom. The van der Waals surface area contributed by atoms with E-state index in [1.165, 1.54) is 12.3 Å². The van der Waals surface area contributed by atoms with Crippen molar-refractivity contribution in [3.05, 3.63) is 66.1 Å². The highest BCUT2D eigenvalue weighted by molar-refractivity contribution is 5.60. The summed E-state index contributed by atoms with van der Waals surface area (Å²) in [7, 11) is 1.66. The Morgan fingerprint density at radius 2 is 2.04 bits per heavy atom. The summed E-state index contributed by atoms with van der Waals surface area (Å²) >= 11 is 0. The fraction of sp³-hybridized carbons (Fsp3) is 0.250. The number of ether oxygens (including phenoxy) is 1. The summed E-state index contributed by atoms with van der Waals surface area (Å²) in [6.07, 6.45) is 3.54. The summed E-state index contributed by atoms with van der Waals surface area (Å²) in [4.78, 5) is 6.72. The average molecular weight is 350 g/mol. The molecule has 1 aliphatic heterocycles. The fourth-order valence-corrected chi connectivity index (χ4v) is 3.42. The van der Waals surface area contributed by atoms with E-state index >= 15 is 0 Å². The zero-order valence-electron chi connectivity index (χ0n) is 14.5. The summed E-state index contributed by atoms with van der Waals surface area (Å²) in [6, 6.07) is 14.8. The summed E-state index contributed by atoms with van der Waals surface area (Å²) in [5, 5.41) is 8.27. The van der Waals surface area contributed by atoms with Gasteiger partial charge in [0.1, 0.15) is 11.6 Å². The number of rotatable bonds is 4. The van der Waals surface area contributed by atoms with Crippen LogP contribution >= 0.6 is 0 Å². The second-order valence-corrected chi connectivity index (χ2v) is 6.25. The van der Waals surface area contributed by atoms with Crippen molar-refractivity contribution < 1.29 is 9.13 Å². The first kappa shape index (κ1) is 16.4. The van der Waals surface area contributed by atoms with Crippen molar-refractivity contribution in [3.8, 4) is 17.0 Å². The molecule has 5 nitrogen and oxygen atoms in total. The van der Waals surface area contributed by atoms with E-state index in [0.29, 0.717) is 17.2 Å². The predicted molar refractivity (Wildman–Crippen MR) is 97.5 cm³/mol. The highest BCUT2D eigenvalue weighted by Gasteiger charge is 2.29. The maximum absolute atomic E-state index is 14.1. The fourth-order valence-electron chi connectivity index (χ4n) is 3.42. The molecule has 132 valence electrons. The van der Waals surface area contributed by atoms with Crippen molar-refractivity contribution in [1.82, 2.24) is 15.2 Å². The molecule has 3 aromatic rings. The van der Waals surface area contributed by atoms with Gasteiger partial charge in [-0.15, -0.1) is 5.10 Å². The van der Waals surface area contributed by atoms with Crippen molar-refractivity contribution in [3.63, 3.8) is 0 Å². The number of aromatic nitrogens is 3. The van der Waals surface area contributed by atoms with Crippen molar-refractivity contribution in [2.45, 2.75) is 18.9 Å². The molecule has 0 saturated carbocycles. The molecular formula is C20H19FN4O. The minimum atomic E-state index is -0.315. The second kappa shape index (κ2) is 7.07. The topological polar surface area (TPSA) is 51.1 Å². The van der Waals surface area contributed by atoms with Gasteiger partial charge in [0.15, 0.2) is 0 Å². The van der Waals surface area contributed by atoms with Crippen LogP contribution in [0.25, 0.3) is 11.3 Å². The average Bonchev–Trinajstić information content (AvgIpc) is 3.18. The van der Waals surface area contributed by atoms with Crippen molar-refractivity contribution >= 4 is 5.95 Å². The molecule has 2 heterocycles. The van der Waals surface area contributed by atoms with E-state index in [1.807, 2.05) is 18.2 Å². The maximum atomic E-state index is 14.1. The smallest absolute Gasteiger partial charge is 0.246 e. The Morgan fingerprint density at radius 1 is 1.15 bits per heavy atom. The first-order valence-electron chi connectivity index (χ1n) is 8.61. The molecule has 2 aromatic carbocycles. The van der Waals surface area contributed by atoms with Crippen LogP contribution in [0.5, 0.6) is 5.75 Å². The first-order valence-corrected chi connectivity index (χ1v) is 8.61. The van der Waals surface area contributed by atoms with Gasteiger partial charge in [0, 0.05) is 12.1 Å². The van der Waals surface area contributed by atoms with Gasteiger partial charge in [-0.2, -0.15) is 5.10 Å². The van der Waals surface area contributed by atoms with Gasteiger partial charge in [-0.25, -0.2) is 9.37 Å². The molecule has 1 aliphatic rings. The molecule has 1 fully saturated rings. The molecule has 1 saturated heterocycles. The summed E-state index contributed by atoms with van der Waals surface area (Å²) in [5.74, 6) is 1.04. The third-order valence-corrected chi connectivity index (χ3v) is 4.69. The summed E-state index contributed by atoms with van der Waals surface area (Å²) < 4.78 is 19.4. The van der Waals surface area contributed by atoms with Crippen LogP contribution in [0.3, 0.4) is 0 Å². The number of methoxy groups -OCH3 is 1. The number of hydrogen-bond donors (Lipinski definition) is 0. The van der Waals surface area contributed by atoms with Gasteiger partial charge in [-0.1, -0.05) is 24.3 Å². The first-order chi connectivity index (χ1) is 12.8. The third-order valence-electron chi connectivity index (χ3n) is 4.69. The maximum Gasteiger partial charge on any atom is 0.246 e. The van der Waals surface area contributed by atoms with Gasteiger partial charge in [-0.05, 0) is 42.7 Å². The molecule has 6 heteroatoms. The molecule has 0 N–H and O–H groups in total. The Hall–Kier alpha value is -3.02. The van der Waals surface area contributed by atoms with Crippen molar-refractivity contribution in [2.75, 3.05) is 18.6 Å². The van der Waals surface area contributed by atoms with E-state index in [1.54, 1.807) is 25.3 Å². The standard InChI is InChI=1S/C20H19FN4O/c1-26-15-7-4-6-14(12-15)19-10-5-11-25(19)20-23-18(13-22-24-20)16-8-2-3-9-17(16)21/h2-4,6-9,12-13,19H,5,10-11H2,1H3. The molecule has 0 radical (unpaired) electrons. The Bertz CT molecular complexity index is 918. The van der Waals surface area contributed by atoms with Crippen LogP contribution in [-0.2, 0) is 0 Å². The highest BCUT2D eigenvalue weighted by atomic mass is 19.1. The van der Waals surface area contributed by atoms with E-state index < -0.39 is 0 Å². The molecule has 4 rings (SSSR count). The lowest BCUT2D eigenvalue weighted by Crippen LogP contribution is -2.25. The van der Waals surface area contributed by atoms with Crippen LogP contribution in [0.15, 0.2) is 54.7 Å². The molecular weight excluding hydrogens is 331 g/mol. The third kappa shape index (κ3) is 3.10. The lowest BCUT2D eigenvalue weighted by atomic mass is 10.0. The second-order valence-electron chi connectivity index (χ2n) is 6.25. The molecule has 0 spiro atoms. The number of nitrogens with zero attached hydrogens (tertiary/aromatic N) is 4. The number of benzene rings is 2. The molecule has 1 aromatic heterocycles. The number of hydrogen-bond acceptors (Lipinski definition) is 5. The van der Waals surface area contributed by atoms with Gasteiger partial charge in [0.2, 0.25) is 5.95 Å². The van der Waals surface area contributed by atoms with Gasteiger partial charge < -0.3 is 9.64 Å². The quantitative estimate of drug-likeness (QED) is 0.711. The van der Waals surface area contributed by atoms with Crippen LogP contribution in [0.4, 0.5) is 10.3 Å². The van der Waals surface area contributed by atoms with Crippen LogP contribution < -0.4 is 9.64 Å². The zero-order chi connectivity index (χ0) is 17.9. The van der Waals surface area contributed by atoms with E-state index in [-0.39, 0.29) is 11.9 Å². The molecule has 0 bridgehead atoms. The Labute approximate surface area is 151 Å². The van der Waals surface area contributed by atoms with Crippen LogP contribution in [0.1, 0.15) is 24.4 Å². The van der Waals surface area contributed by atoms with Crippen LogP contribution in [0, 0.1) is 5.82 Å². The molecule has 26 heavy (non-hydrogen) atoms. The number of halogens is 1. The minimum Gasteiger partial charge on any atom is -0.497 e. The summed E-state index contributed by atoms with van der Waals surface area (Å²) in [6.45, 7) is 0.838. The van der Waals surface area contributed by atoms with Crippen LogP contribution in [0.2, 0.25) is 0 Å². The normalized spacial score (nSPS) is 16.7. The monoisotopic (exact) mass is 350 g/mol. The van der Waals surface area contributed by atoms with Crippen LogP contribution in [-0.4, -0.2) is 28.8 Å². The van der Waals surface area contributed by atoms with Gasteiger partial charge in [-0.3, -0.25) is 0 Å². The van der Waals surface area contributed by atoms with E-state index in [0.717, 1.165) is 30.7 Å². The van der Waals surface area contributed by atoms with E-state index in [2.05, 4.69) is 26.1 Å². The summed E-state index contributed by atoms with van der Waals surface area (Å²) in [5.41, 5.74) is 2.08. The van der Waals surface area contributed by atoms with Gasteiger partial charge in [0.05, 0.1) is 25.0 Å². The largest absolute Gasteiger partial charge is 0.497 e. The lowest BCUT2D eigenvalue weighted by Gasteiger charge is -2.25. The van der Waals surface area contributed by atoms with Gasteiger partial charge in [0.25, 0.3) is 0 Å².